The minimum Gasteiger partial charge on any atom is -0.479 e. The summed E-state index contributed by atoms with van der Waals surface area (Å²) in [4.78, 5) is 10.6. The molecule has 1 unspecified atom stereocenters. The van der Waals surface area contributed by atoms with Gasteiger partial charge < -0.3 is 14.3 Å². The van der Waals surface area contributed by atoms with E-state index in [-0.39, 0.29) is 6.42 Å². The zero-order valence-corrected chi connectivity index (χ0v) is 8.58. The number of hydrogen-bond donors (Lipinski definition) is 1. The second kappa shape index (κ2) is 4.43. The van der Waals surface area contributed by atoms with Crippen LogP contribution in [-0.4, -0.2) is 24.3 Å². The van der Waals surface area contributed by atoms with E-state index in [0.717, 1.165) is 0 Å². The van der Waals surface area contributed by atoms with Crippen LogP contribution in [0, 0.1) is 0 Å². The summed E-state index contributed by atoms with van der Waals surface area (Å²) in [6, 6.07) is 3.42. The molecule has 0 fully saturated rings. The molecule has 4 nitrogen and oxygen atoms in total. The number of aliphatic carboxylic acids is 1. The summed E-state index contributed by atoms with van der Waals surface area (Å²) < 4.78 is 10.5. The summed E-state index contributed by atoms with van der Waals surface area (Å²) in [7, 11) is 1.36. The molecule has 0 aliphatic rings. The van der Waals surface area contributed by atoms with E-state index in [9.17, 15) is 4.79 Å². The first-order valence-electron chi connectivity index (χ1n) is 3.63. The van der Waals surface area contributed by atoms with Crippen LogP contribution in [-0.2, 0) is 16.0 Å². The van der Waals surface area contributed by atoms with Crippen LogP contribution >= 0.6 is 15.9 Å². The maximum absolute atomic E-state index is 10.6. The van der Waals surface area contributed by atoms with Crippen molar-refractivity contribution < 1.29 is 19.1 Å². The third-order valence-electron chi connectivity index (χ3n) is 1.58. The lowest BCUT2D eigenvalue weighted by Crippen LogP contribution is -2.24. The van der Waals surface area contributed by atoms with E-state index in [1.165, 1.54) is 7.11 Å². The molecule has 0 aliphatic carbocycles. The SMILES string of the molecule is COC(Cc1ccc(Br)o1)C(=O)O. The van der Waals surface area contributed by atoms with Crippen LogP contribution in [0.15, 0.2) is 21.2 Å². The molecule has 1 aromatic rings. The molecule has 0 bridgehead atoms. The molecule has 72 valence electrons. The van der Waals surface area contributed by atoms with Crippen LogP contribution in [0.25, 0.3) is 0 Å². The molecule has 13 heavy (non-hydrogen) atoms. The summed E-state index contributed by atoms with van der Waals surface area (Å²) in [5, 5.41) is 8.66. The van der Waals surface area contributed by atoms with Gasteiger partial charge >= 0.3 is 5.97 Å². The molecule has 5 heteroatoms. The predicted molar refractivity (Wildman–Crippen MR) is 48.5 cm³/mol. The molecule has 0 spiro atoms. The number of carboxylic acid groups (broad SMARTS) is 1. The van der Waals surface area contributed by atoms with Crippen LogP contribution in [0.3, 0.4) is 0 Å². The zero-order valence-electron chi connectivity index (χ0n) is 6.99. The van der Waals surface area contributed by atoms with Gasteiger partial charge in [-0.15, -0.1) is 0 Å². The van der Waals surface area contributed by atoms with Gasteiger partial charge in [0, 0.05) is 13.5 Å². The Balaban J connectivity index is 2.61. The monoisotopic (exact) mass is 248 g/mol. The molecular formula is C8H9BrO4. The van der Waals surface area contributed by atoms with Crippen molar-refractivity contribution in [1.29, 1.82) is 0 Å². The van der Waals surface area contributed by atoms with Crippen LogP contribution in [0.2, 0.25) is 0 Å². The van der Waals surface area contributed by atoms with Crippen molar-refractivity contribution in [3.8, 4) is 0 Å². The number of carboxylic acids is 1. The third kappa shape index (κ3) is 2.86. The van der Waals surface area contributed by atoms with Gasteiger partial charge in [-0.25, -0.2) is 4.79 Å². The lowest BCUT2D eigenvalue weighted by Gasteiger charge is -2.07. The van der Waals surface area contributed by atoms with Crippen molar-refractivity contribution in [3.63, 3.8) is 0 Å². The lowest BCUT2D eigenvalue weighted by molar-refractivity contribution is -0.148. The number of carbonyl (C=O) groups is 1. The highest BCUT2D eigenvalue weighted by atomic mass is 79.9. The highest BCUT2D eigenvalue weighted by Gasteiger charge is 2.18. The Kier molecular flexibility index (Phi) is 3.50. The van der Waals surface area contributed by atoms with E-state index in [4.69, 9.17) is 14.3 Å². The number of furan rings is 1. The average Bonchev–Trinajstić information content (AvgIpc) is 2.46. The van der Waals surface area contributed by atoms with Crippen molar-refractivity contribution in [3.05, 3.63) is 22.6 Å². The Morgan fingerprint density at radius 3 is 2.85 bits per heavy atom. The molecule has 1 heterocycles. The highest BCUT2D eigenvalue weighted by molar-refractivity contribution is 9.10. The predicted octanol–water partition coefficient (Wildman–Crippen LogP) is 1.68. The van der Waals surface area contributed by atoms with Crippen LogP contribution in [0.1, 0.15) is 5.76 Å². The standard InChI is InChI=1S/C8H9BrO4/c1-12-6(8(10)11)4-5-2-3-7(9)13-5/h2-3,6H,4H2,1H3,(H,10,11). The molecule has 0 saturated carbocycles. The van der Waals surface area contributed by atoms with E-state index in [0.29, 0.717) is 10.4 Å². The summed E-state index contributed by atoms with van der Waals surface area (Å²) in [5.74, 6) is -0.406. The molecule has 0 amide bonds. The Morgan fingerprint density at radius 2 is 2.46 bits per heavy atom. The van der Waals surface area contributed by atoms with Gasteiger partial charge in [-0.2, -0.15) is 0 Å². The molecule has 0 saturated heterocycles. The summed E-state index contributed by atoms with van der Waals surface area (Å²) in [5.41, 5.74) is 0. The number of methoxy groups -OCH3 is 1. The van der Waals surface area contributed by atoms with Crippen molar-refractivity contribution in [2.24, 2.45) is 0 Å². The quantitative estimate of drug-likeness (QED) is 0.881. The fourth-order valence-corrected chi connectivity index (χ4v) is 1.26. The Labute approximate surface area is 83.6 Å². The first-order valence-corrected chi connectivity index (χ1v) is 4.42. The summed E-state index contributed by atoms with van der Waals surface area (Å²) in [6.45, 7) is 0. The van der Waals surface area contributed by atoms with E-state index in [1.807, 2.05) is 0 Å². The third-order valence-corrected chi connectivity index (χ3v) is 2.00. The van der Waals surface area contributed by atoms with Crippen LogP contribution in [0.5, 0.6) is 0 Å². The van der Waals surface area contributed by atoms with Gasteiger partial charge in [0.2, 0.25) is 0 Å². The smallest absolute Gasteiger partial charge is 0.333 e. The number of rotatable bonds is 4. The normalized spacial score (nSPS) is 12.8. The molecule has 1 atom stereocenters. The van der Waals surface area contributed by atoms with Crippen LogP contribution < -0.4 is 0 Å². The highest BCUT2D eigenvalue weighted by Crippen LogP contribution is 2.16. The van der Waals surface area contributed by atoms with Crippen molar-refractivity contribution >= 4 is 21.9 Å². The van der Waals surface area contributed by atoms with Gasteiger partial charge in [-0.05, 0) is 28.1 Å². The Bertz CT molecular complexity index is 294. The molecule has 0 aliphatic heterocycles. The van der Waals surface area contributed by atoms with E-state index in [2.05, 4.69) is 15.9 Å². The fourth-order valence-electron chi connectivity index (χ4n) is 0.916. The molecule has 1 rings (SSSR count). The minimum absolute atomic E-state index is 0.234. The van der Waals surface area contributed by atoms with Gasteiger partial charge in [0.05, 0.1) is 0 Å². The molecule has 1 aromatic heterocycles. The van der Waals surface area contributed by atoms with Gasteiger partial charge in [0.15, 0.2) is 10.8 Å². The largest absolute Gasteiger partial charge is 0.479 e. The Morgan fingerprint density at radius 1 is 1.77 bits per heavy atom. The van der Waals surface area contributed by atoms with Gasteiger partial charge in [-0.1, -0.05) is 0 Å². The van der Waals surface area contributed by atoms with E-state index >= 15 is 0 Å². The van der Waals surface area contributed by atoms with Gasteiger partial charge in [0.25, 0.3) is 0 Å². The summed E-state index contributed by atoms with van der Waals surface area (Å²) in [6.07, 6.45) is -0.615. The van der Waals surface area contributed by atoms with Gasteiger partial charge in [0.1, 0.15) is 5.76 Å². The van der Waals surface area contributed by atoms with Gasteiger partial charge in [-0.3, -0.25) is 0 Å². The number of hydrogen-bond acceptors (Lipinski definition) is 3. The van der Waals surface area contributed by atoms with Crippen molar-refractivity contribution in [2.45, 2.75) is 12.5 Å². The first kappa shape index (κ1) is 10.3. The molecule has 1 N–H and O–H groups in total. The minimum atomic E-state index is -0.991. The zero-order chi connectivity index (χ0) is 9.84. The second-order valence-corrected chi connectivity index (χ2v) is 3.25. The van der Waals surface area contributed by atoms with Crippen molar-refractivity contribution in [2.75, 3.05) is 7.11 Å². The Hall–Kier alpha value is -0.810. The van der Waals surface area contributed by atoms with E-state index < -0.39 is 12.1 Å². The molecule has 0 radical (unpaired) electrons. The van der Waals surface area contributed by atoms with E-state index in [1.54, 1.807) is 12.1 Å². The number of ether oxygens (including phenoxy) is 1. The number of halogens is 1. The topological polar surface area (TPSA) is 59.7 Å². The molecular weight excluding hydrogens is 240 g/mol. The maximum Gasteiger partial charge on any atom is 0.333 e. The summed E-state index contributed by atoms with van der Waals surface area (Å²) >= 11 is 3.13. The average molecular weight is 249 g/mol. The van der Waals surface area contributed by atoms with Crippen molar-refractivity contribution in [1.82, 2.24) is 0 Å². The second-order valence-electron chi connectivity index (χ2n) is 2.47. The van der Waals surface area contributed by atoms with Crippen LogP contribution in [0.4, 0.5) is 0 Å². The maximum atomic E-state index is 10.6. The first-order chi connectivity index (χ1) is 6.13. The molecule has 0 aromatic carbocycles. The fraction of sp³-hybridized carbons (Fsp3) is 0.375. The lowest BCUT2D eigenvalue weighted by atomic mass is 10.2.